The van der Waals surface area contributed by atoms with Crippen molar-refractivity contribution >= 4 is 58.8 Å². The van der Waals surface area contributed by atoms with Gasteiger partial charge >= 0.3 is 68.5 Å². The molecule has 3 N–H and O–H groups in total. The molecule has 0 aliphatic carbocycles. The molecule has 16 nitrogen and oxygen atoms in total. The molecule has 1 amide bonds. The molecule has 0 bridgehead atoms. The number of hydrogen-bond acceptors (Lipinski definition) is 14. The van der Waals surface area contributed by atoms with Crippen LogP contribution in [-0.2, 0) is 35.2 Å². The smallest absolute Gasteiger partial charge is 0.549 e. The van der Waals surface area contributed by atoms with Crippen molar-refractivity contribution in [1.29, 1.82) is 0 Å². The van der Waals surface area contributed by atoms with E-state index >= 15 is 0 Å². The fraction of sp³-hybridized carbons (Fsp3) is 0.458. The van der Waals surface area contributed by atoms with E-state index in [0.29, 0.717) is 11.3 Å². The van der Waals surface area contributed by atoms with Gasteiger partial charge in [0.2, 0.25) is 5.91 Å². The van der Waals surface area contributed by atoms with Gasteiger partial charge in [0, 0.05) is 52.2 Å². The van der Waals surface area contributed by atoms with E-state index in [2.05, 4.69) is 27.7 Å². The average molecular weight is 615 g/mol. The van der Waals surface area contributed by atoms with Crippen molar-refractivity contribution in [2.75, 3.05) is 58.9 Å². The SMILES string of the molecule is O=C([O-])CN(CCN(CC(=O)[O-])CC(=O)O)CCN(CC(=O)[O-])CC(=O)NC(Cc1ccc(N=C=S)cc1)C(=O)O.[Li+].[Li+].[Li+]. The van der Waals surface area contributed by atoms with E-state index in [1.807, 2.05) is 0 Å². The number of carbonyl (C=O) groups excluding carboxylic acids is 4. The van der Waals surface area contributed by atoms with Crippen molar-refractivity contribution < 1.29 is 111 Å². The number of aliphatic carboxylic acids is 5. The normalized spacial score (nSPS) is 10.8. The Morgan fingerprint density at radius 1 is 0.750 bits per heavy atom. The Balaban J connectivity index is -0.00000560. The van der Waals surface area contributed by atoms with Gasteiger partial charge in [-0.05, 0) is 29.9 Å². The summed E-state index contributed by atoms with van der Waals surface area (Å²) in [4.78, 5) is 75.7. The van der Waals surface area contributed by atoms with Crippen LogP contribution in [-0.4, -0.2) is 131 Å². The Hall–Kier alpha value is -2.49. The third kappa shape index (κ3) is 21.3. The minimum absolute atomic E-state index is 0. The molecule has 0 saturated carbocycles. The maximum atomic E-state index is 12.6. The van der Waals surface area contributed by atoms with E-state index < -0.39 is 74.5 Å². The van der Waals surface area contributed by atoms with E-state index in [1.54, 1.807) is 24.3 Å². The average Bonchev–Trinajstić information content (AvgIpc) is 2.84. The quantitative estimate of drug-likeness (QED) is 0.0660. The van der Waals surface area contributed by atoms with Crippen LogP contribution in [0.15, 0.2) is 29.3 Å². The predicted molar refractivity (Wildman–Crippen MR) is 136 cm³/mol. The second-order valence-corrected chi connectivity index (χ2v) is 8.92. The summed E-state index contributed by atoms with van der Waals surface area (Å²) in [6, 6.07) is 4.98. The molecule has 0 radical (unpaired) electrons. The first-order chi connectivity index (χ1) is 19.3. The van der Waals surface area contributed by atoms with Crippen molar-refractivity contribution in [2.24, 2.45) is 4.99 Å². The Morgan fingerprint density at radius 2 is 1.18 bits per heavy atom. The van der Waals surface area contributed by atoms with Crippen molar-refractivity contribution in [1.82, 2.24) is 20.0 Å². The maximum absolute atomic E-state index is 12.6. The molecule has 1 atom stereocenters. The molecule has 0 aliphatic rings. The van der Waals surface area contributed by atoms with Crippen LogP contribution in [0.5, 0.6) is 0 Å². The third-order valence-corrected chi connectivity index (χ3v) is 5.52. The number of aliphatic imine (C=N–C) groups is 1. The monoisotopic (exact) mass is 615 g/mol. The van der Waals surface area contributed by atoms with Crippen LogP contribution in [0.2, 0.25) is 0 Å². The number of rotatable bonds is 21. The molecule has 20 heteroatoms. The summed E-state index contributed by atoms with van der Waals surface area (Å²) in [5, 5.41) is 56.3. The minimum Gasteiger partial charge on any atom is -0.549 e. The zero-order chi connectivity index (χ0) is 30.9. The number of nitrogens with one attached hydrogen (secondary N) is 1. The number of amides is 1. The molecular formula is C24H28Li3N5O11S. The number of hydrogen-bond donors (Lipinski definition) is 3. The third-order valence-electron chi connectivity index (χ3n) is 5.43. The number of isothiocyanates is 1. The molecule has 0 aromatic heterocycles. The number of carboxylic acids is 5. The van der Waals surface area contributed by atoms with Crippen LogP contribution in [0.4, 0.5) is 5.69 Å². The number of carboxylic acid groups (broad SMARTS) is 5. The topological polar surface area (TPSA) is 246 Å². The molecule has 0 aliphatic heterocycles. The summed E-state index contributed by atoms with van der Waals surface area (Å²) in [5.74, 6) is -8.09. The zero-order valence-corrected chi connectivity index (χ0v) is 25.5. The molecule has 1 rings (SSSR count). The Bertz CT molecular complexity index is 1140. The van der Waals surface area contributed by atoms with Crippen LogP contribution in [0.1, 0.15) is 5.56 Å². The van der Waals surface area contributed by atoms with Crippen LogP contribution in [0.3, 0.4) is 0 Å². The fourth-order valence-corrected chi connectivity index (χ4v) is 3.75. The number of thiocarbonyl (C=S) groups is 1. The second-order valence-electron chi connectivity index (χ2n) is 8.74. The van der Waals surface area contributed by atoms with Gasteiger partial charge in [0.25, 0.3) is 0 Å². The number of nitrogens with zero attached hydrogens (tertiary/aromatic N) is 4. The molecule has 0 saturated heterocycles. The predicted octanol–water partition coefficient (Wildman–Crippen LogP) is -14.2. The van der Waals surface area contributed by atoms with Gasteiger partial charge in [-0.25, -0.2) is 4.79 Å². The summed E-state index contributed by atoms with van der Waals surface area (Å²) < 4.78 is 0. The van der Waals surface area contributed by atoms with Crippen LogP contribution >= 0.6 is 12.2 Å². The largest absolute Gasteiger partial charge is 1.00 e. The van der Waals surface area contributed by atoms with Crippen molar-refractivity contribution in [2.45, 2.75) is 12.5 Å². The van der Waals surface area contributed by atoms with Crippen molar-refractivity contribution in [3.63, 3.8) is 0 Å². The van der Waals surface area contributed by atoms with Crippen LogP contribution in [0, 0.1) is 0 Å². The molecule has 0 heterocycles. The molecular weight excluding hydrogens is 587 g/mol. The number of carbonyl (C=O) groups is 6. The summed E-state index contributed by atoms with van der Waals surface area (Å²) in [6.45, 7) is -4.04. The van der Waals surface area contributed by atoms with Gasteiger partial charge in [0.1, 0.15) is 6.04 Å². The van der Waals surface area contributed by atoms with Gasteiger partial charge in [-0.2, -0.15) is 4.99 Å². The molecule has 0 spiro atoms. The first-order valence-corrected chi connectivity index (χ1v) is 12.4. The zero-order valence-electron chi connectivity index (χ0n) is 24.7. The molecule has 224 valence electrons. The molecule has 1 unspecified atom stereocenters. The first kappa shape index (κ1) is 45.9. The summed E-state index contributed by atoms with van der Waals surface area (Å²) in [5.41, 5.74) is 1.06. The Morgan fingerprint density at radius 3 is 1.59 bits per heavy atom. The van der Waals surface area contributed by atoms with E-state index in [1.165, 1.54) is 4.90 Å². The summed E-state index contributed by atoms with van der Waals surface area (Å²) >= 11 is 4.52. The molecule has 0 fully saturated rings. The summed E-state index contributed by atoms with van der Waals surface area (Å²) in [7, 11) is 0. The molecule has 44 heavy (non-hydrogen) atoms. The molecule has 1 aromatic rings. The van der Waals surface area contributed by atoms with Gasteiger partial charge in [-0.1, -0.05) is 12.1 Å². The fourth-order valence-electron chi connectivity index (χ4n) is 3.64. The number of benzene rings is 1. The standard InChI is InChI=1S/C24H31N5O11S.3Li/c30-19(26-18(24(39)40)9-16-1-3-17(4-2-16)25-15-41)10-28(12-21(33)34)7-5-27(11-20(31)32)6-8-29(13-22(35)36)14-23(37)38;;;/h1-4,18H,5-14H2,(H,26,30)(H,31,32)(H,33,34)(H,35,36)(H,37,38)(H,39,40);;;/q;3*+1/p-3. The summed E-state index contributed by atoms with van der Waals surface area (Å²) in [6.07, 6.45) is -0.0960. The second kappa shape index (κ2) is 24.8. The Labute approximate surface area is 294 Å². The molecule has 1 aromatic carbocycles. The maximum Gasteiger partial charge on any atom is 1.00 e. The van der Waals surface area contributed by atoms with Gasteiger partial charge in [0.15, 0.2) is 0 Å². The van der Waals surface area contributed by atoms with E-state index in [-0.39, 0.29) is 89.2 Å². The van der Waals surface area contributed by atoms with Gasteiger partial charge in [-0.15, -0.1) is 0 Å². The van der Waals surface area contributed by atoms with Gasteiger partial charge < -0.3 is 45.2 Å². The van der Waals surface area contributed by atoms with Crippen molar-refractivity contribution in [3.8, 4) is 0 Å². The minimum atomic E-state index is -1.56. The van der Waals surface area contributed by atoms with Crippen molar-refractivity contribution in [3.05, 3.63) is 29.8 Å². The van der Waals surface area contributed by atoms with Crippen LogP contribution < -0.4 is 77.2 Å². The Kier molecular flexibility index (Phi) is 25.9. The van der Waals surface area contributed by atoms with Gasteiger partial charge in [0.05, 0.1) is 41.8 Å². The van der Waals surface area contributed by atoms with E-state index in [9.17, 15) is 49.2 Å². The van der Waals surface area contributed by atoms with E-state index in [0.717, 1.165) is 9.80 Å². The van der Waals surface area contributed by atoms with E-state index in [4.69, 9.17) is 5.11 Å². The van der Waals surface area contributed by atoms with Gasteiger partial charge in [-0.3, -0.25) is 24.3 Å². The first-order valence-electron chi connectivity index (χ1n) is 12.0. The van der Waals surface area contributed by atoms with Crippen LogP contribution in [0.25, 0.3) is 0 Å².